The van der Waals surface area contributed by atoms with Crippen LogP contribution in [0.3, 0.4) is 0 Å². The van der Waals surface area contributed by atoms with Gasteiger partial charge in [0.15, 0.2) is 0 Å². The van der Waals surface area contributed by atoms with Gasteiger partial charge in [0.1, 0.15) is 0 Å². The molecule has 0 bridgehead atoms. The minimum atomic E-state index is -4.48. The molecule has 0 spiro atoms. The largest absolute Gasteiger partial charge is 0.478 e. The van der Waals surface area contributed by atoms with Crippen LogP contribution in [0.1, 0.15) is 45.4 Å². The van der Waals surface area contributed by atoms with Gasteiger partial charge in [-0.2, -0.15) is 13.2 Å². The van der Waals surface area contributed by atoms with E-state index in [0.29, 0.717) is 16.6 Å². The number of fused-ring (bicyclic) bond motifs is 3. The van der Waals surface area contributed by atoms with Gasteiger partial charge in [0.05, 0.1) is 22.9 Å². The van der Waals surface area contributed by atoms with Crippen LogP contribution in [0.5, 0.6) is 0 Å². The Kier molecular flexibility index (Phi) is 4.29. The molecule has 0 fully saturated rings. The molecular formula is C20H15BrF3NO2. The van der Waals surface area contributed by atoms with Crippen LogP contribution in [-0.2, 0) is 6.18 Å². The number of carboxylic acid groups (broad SMARTS) is 1. The van der Waals surface area contributed by atoms with Crippen molar-refractivity contribution in [2.24, 2.45) is 5.92 Å². The van der Waals surface area contributed by atoms with Gasteiger partial charge in [0.2, 0.25) is 0 Å². The minimum absolute atomic E-state index is 0.0487. The molecule has 2 aromatic carbocycles. The predicted molar refractivity (Wildman–Crippen MR) is 98.9 cm³/mol. The second-order valence-corrected chi connectivity index (χ2v) is 7.70. The van der Waals surface area contributed by atoms with Gasteiger partial charge in [0.25, 0.3) is 0 Å². The number of alkyl halides is 3. The van der Waals surface area contributed by atoms with Crippen molar-refractivity contribution in [2.45, 2.75) is 24.6 Å². The van der Waals surface area contributed by atoms with E-state index < -0.39 is 23.8 Å². The zero-order valence-electron chi connectivity index (χ0n) is 13.9. The number of hydrogen-bond donors (Lipinski definition) is 2. The van der Waals surface area contributed by atoms with Crippen LogP contribution >= 0.6 is 15.9 Å². The van der Waals surface area contributed by atoms with Crippen molar-refractivity contribution >= 4 is 27.6 Å². The maximum atomic E-state index is 13.6. The van der Waals surface area contributed by atoms with E-state index in [1.54, 1.807) is 6.07 Å². The third-order valence-corrected chi connectivity index (χ3v) is 5.72. The number of allylic oxidation sites excluding steroid dienone is 2. The average Bonchev–Trinajstić information content (AvgIpc) is 3.10. The lowest BCUT2D eigenvalue weighted by Crippen LogP contribution is -2.32. The Labute approximate surface area is 162 Å². The number of rotatable bonds is 2. The lowest BCUT2D eigenvalue weighted by molar-refractivity contribution is -0.138. The summed E-state index contributed by atoms with van der Waals surface area (Å²) < 4.78 is 41.3. The summed E-state index contributed by atoms with van der Waals surface area (Å²) in [6, 6.07) is 8.18. The smallest absolute Gasteiger partial charge is 0.416 e. The Morgan fingerprint density at radius 1 is 1.19 bits per heavy atom. The molecule has 0 radical (unpaired) electrons. The second-order valence-electron chi connectivity index (χ2n) is 6.78. The molecular weight excluding hydrogens is 423 g/mol. The van der Waals surface area contributed by atoms with Crippen molar-refractivity contribution in [3.63, 3.8) is 0 Å². The Morgan fingerprint density at radius 3 is 2.63 bits per heavy atom. The highest BCUT2D eigenvalue weighted by Crippen LogP contribution is 2.52. The van der Waals surface area contributed by atoms with E-state index in [1.165, 1.54) is 18.2 Å². The van der Waals surface area contributed by atoms with E-state index >= 15 is 0 Å². The maximum absolute atomic E-state index is 13.6. The Balaban J connectivity index is 1.90. The molecule has 1 aliphatic heterocycles. The fourth-order valence-corrected chi connectivity index (χ4v) is 4.64. The molecule has 2 aliphatic rings. The molecule has 0 unspecified atom stereocenters. The first-order valence-electron chi connectivity index (χ1n) is 8.43. The standard InChI is InChI=1S/C20H15BrF3NO2/c21-10-8-14-11-5-3-6-12(11)17(25-18(14)15(9-10)19(26)27)13-4-1-2-7-16(13)20(22,23)24/h1-5,7-9,11-12,17,25H,6H2,(H,26,27)/t11-,12+,17+/m1/s1. The highest BCUT2D eigenvalue weighted by molar-refractivity contribution is 9.10. The number of hydrogen-bond acceptors (Lipinski definition) is 2. The summed E-state index contributed by atoms with van der Waals surface area (Å²) >= 11 is 3.34. The SMILES string of the molecule is O=C(O)c1cc(Br)cc2c1N[C@H](c1ccccc1C(F)(F)F)[C@H]1CC=C[C@@H]21. The lowest BCUT2D eigenvalue weighted by Gasteiger charge is -2.39. The van der Waals surface area contributed by atoms with Gasteiger partial charge in [-0.15, -0.1) is 0 Å². The minimum Gasteiger partial charge on any atom is -0.478 e. The number of nitrogens with one attached hydrogen (secondary N) is 1. The monoisotopic (exact) mass is 437 g/mol. The van der Waals surface area contributed by atoms with Gasteiger partial charge in [-0.3, -0.25) is 0 Å². The van der Waals surface area contributed by atoms with Crippen molar-refractivity contribution in [3.8, 4) is 0 Å². The topological polar surface area (TPSA) is 49.3 Å². The van der Waals surface area contributed by atoms with Gasteiger partial charge < -0.3 is 10.4 Å². The van der Waals surface area contributed by atoms with E-state index in [-0.39, 0.29) is 23.0 Å². The lowest BCUT2D eigenvalue weighted by atomic mass is 9.75. The number of halogens is 4. The zero-order chi connectivity index (χ0) is 19.3. The first kappa shape index (κ1) is 18.1. The van der Waals surface area contributed by atoms with Crippen molar-refractivity contribution < 1.29 is 23.1 Å². The number of benzene rings is 2. The van der Waals surface area contributed by atoms with Gasteiger partial charge >= 0.3 is 12.1 Å². The normalized spacial score (nSPS) is 23.5. The van der Waals surface area contributed by atoms with Gasteiger partial charge in [-0.25, -0.2) is 4.79 Å². The van der Waals surface area contributed by atoms with Crippen LogP contribution in [0, 0.1) is 5.92 Å². The molecule has 27 heavy (non-hydrogen) atoms. The molecule has 1 aliphatic carbocycles. The number of carboxylic acids is 1. The quantitative estimate of drug-likeness (QED) is 0.567. The average molecular weight is 438 g/mol. The Morgan fingerprint density at radius 2 is 1.93 bits per heavy atom. The van der Waals surface area contributed by atoms with Crippen LogP contribution in [0.4, 0.5) is 18.9 Å². The van der Waals surface area contributed by atoms with Crippen LogP contribution in [0.15, 0.2) is 53.0 Å². The van der Waals surface area contributed by atoms with E-state index in [4.69, 9.17) is 0 Å². The highest BCUT2D eigenvalue weighted by atomic mass is 79.9. The van der Waals surface area contributed by atoms with Crippen LogP contribution < -0.4 is 5.32 Å². The molecule has 7 heteroatoms. The number of anilines is 1. The summed E-state index contributed by atoms with van der Waals surface area (Å²) in [5.41, 5.74) is 0.688. The summed E-state index contributed by atoms with van der Waals surface area (Å²) in [5, 5.41) is 12.7. The first-order valence-corrected chi connectivity index (χ1v) is 9.22. The molecule has 0 aromatic heterocycles. The van der Waals surface area contributed by atoms with Crippen LogP contribution in [-0.4, -0.2) is 11.1 Å². The summed E-state index contributed by atoms with van der Waals surface area (Å²) in [7, 11) is 0. The van der Waals surface area contributed by atoms with E-state index in [2.05, 4.69) is 21.2 Å². The first-order chi connectivity index (χ1) is 12.8. The molecule has 1 heterocycles. The molecule has 140 valence electrons. The van der Waals surface area contributed by atoms with Crippen molar-refractivity contribution in [3.05, 3.63) is 75.3 Å². The number of aromatic carboxylic acids is 1. The van der Waals surface area contributed by atoms with Crippen molar-refractivity contribution in [1.82, 2.24) is 0 Å². The molecule has 4 rings (SSSR count). The molecule has 0 amide bonds. The summed E-state index contributed by atoms with van der Waals surface area (Å²) in [6.45, 7) is 0. The van der Waals surface area contributed by atoms with Gasteiger partial charge in [0, 0.05) is 10.4 Å². The summed E-state index contributed by atoms with van der Waals surface area (Å²) in [6.07, 6.45) is 0.0700. The predicted octanol–water partition coefficient (Wildman–Crippen LogP) is 5.99. The Hall–Kier alpha value is -2.28. The molecule has 3 atom stereocenters. The van der Waals surface area contributed by atoms with Gasteiger partial charge in [-0.05, 0) is 41.7 Å². The van der Waals surface area contributed by atoms with Crippen molar-refractivity contribution in [2.75, 3.05) is 5.32 Å². The molecule has 2 aromatic rings. The third-order valence-electron chi connectivity index (χ3n) is 5.27. The van der Waals surface area contributed by atoms with Gasteiger partial charge in [-0.1, -0.05) is 46.3 Å². The Bertz CT molecular complexity index is 955. The van der Waals surface area contributed by atoms with E-state index in [1.807, 2.05) is 18.2 Å². The summed E-state index contributed by atoms with van der Waals surface area (Å²) in [4.78, 5) is 11.7. The zero-order valence-corrected chi connectivity index (χ0v) is 15.5. The van der Waals surface area contributed by atoms with Crippen LogP contribution in [0.25, 0.3) is 0 Å². The molecule has 2 N–H and O–H groups in total. The summed E-state index contributed by atoms with van der Waals surface area (Å²) in [5.74, 6) is -1.37. The molecule has 3 nitrogen and oxygen atoms in total. The van der Waals surface area contributed by atoms with E-state index in [0.717, 1.165) is 11.6 Å². The number of carbonyl (C=O) groups is 1. The van der Waals surface area contributed by atoms with Crippen LogP contribution in [0.2, 0.25) is 0 Å². The molecule has 0 saturated heterocycles. The fraction of sp³-hybridized carbons (Fsp3) is 0.250. The molecule has 0 saturated carbocycles. The van der Waals surface area contributed by atoms with Crippen molar-refractivity contribution in [1.29, 1.82) is 0 Å². The maximum Gasteiger partial charge on any atom is 0.416 e. The van der Waals surface area contributed by atoms with E-state index in [9.17, 15) is 23.1 Å². The highest BCUT2D eigenvalue weighted by Gasteiger charge is 2.43. The fourth-order valence-electron chi connectivity index (χ4n) is 4.17. The third kappa shape index (κ3) is 3.04. The second kappa shape index (κ2) is 6.41.